The molecule has 4 nitrogen and oxygen atoms in total. The van der Waals surface area contributed by atoms with Crippen LogP contribution < -0.4 is 11.1 Å². The molecule has 0 aliphatic heterocycles. The highest BCUT2D eigenvalue weighted by atomic mass is 16.3. The second kappa shape index (κ2) is 7.01. The summed E-state index contributed by atoms with van der Waals surface area (Å²) in [5, 5.41) is 12.2. The maximum Gasteiger partial charge on any atom is 0.237 e. The molecule has 0 aliphatic carbocycles. The number of hydrogen-bond donors (Lipinski definition) is 3. The van der Waals surface area contributed by atoms with Crippen LogP contribution in [0.2, 0.25) is 0 Å². The first-order chi connectivity index (χ1) is 8.54. The molecule has 0 heterocycles. The molecule has 0 saturated heterocycles. The molecule has 1 amide bonds. The highest BCUT2D eigenvalue weighted by Gasteiger charge is 2.16. The average molecular weight is 250 g/mol. The fourth-order valence-corrected chi connectivity index (χ4v) is 1.75. The number of nitrogens with two attached hydrogens (primary N) is 1. The molecule has 0 spiro atoms. The third-order valence-corrected chi connectivity index (χ3v) is 2.93. The molecule has 18 heavy (non-hydrogen) atoms. The normalized spacial score (nSPS) is 13.9. The Kier molecular flexibility index (Phi) is 5.65. The van der Waals surface area contributed by atoms with E-state index in [0.717, 1.165) is 18.4 Å². The van der Waals surface area contributed by atoms with Crippen molar-refractivity contribution in [2.24, 2.45) is 5.73 Å². The number of amides is 1. The smallest absolute Gasteiger partial charge is 0.237 e. The van der Waals surface area contributed by atoms with Crippen LogP contribution in [-0.4, -0.2) is 17.1 Å². The molecular formula is C14H22N2O2. The van der Waals surface area contributed by atoms with Crippen LogP contribution in [0.4, 0.5) is 0 Å². The van der Waals surface area contributed by atoms with E-state index in [4.69, 9.17) is 5.73 Å². The third kappa shape index (κ3) is 4.37. The lowest BCUT2D eigenvalue weighted by atomic mass is 10.1. The lowest BCUT2D eigenvalue weighted by Crippen LogP contribution is -2.41. The van der Waals surface area contributed by atoms with Crippen molar-refractivity contribution in [2.75, 3.05) is 0 Å². The number of hydrogen-bond acceptors (Lipinski definition) is 3. The molecule has 0 aliphatic rings. The van der Waals surface area contributed by atoms with Crippen LogP contribution >= 0.6 is 0 Å². The Bertz CT molecular complexity index is 393. The first-order valence-electron chi connectivity index (χ1n) is 6.39. The van der Waals surface area contributed by atoms with Gasteiger partial charge in [0.2, 0.25) is 5.91 Å². The molecule has 0 aromatic heterocycles. The molecular weight excluding hydrogens is 228 g/mol. The third-order valence-electron chi connectivity index (χ3n) is 2.93. The standard InChI is InChI=1S/C14H22N2O2/c1-3-4-8-13(15)14(18)16-10(2)11-6-5-7-12(17)9-11/h5-7,9-10,13,17H,3-4,8,15H2,1-2H3,(H,16,18)/t10?,13-/m0/s1. The molecule has 100 valence electrons. The summed E-state index contributed by atoms with van der Waals surface area (Å²) in [6, 6.07) is 6.25. The average Bonchev–Trinajstić information content (AvgIpc) is 2.35. The van der Waals surface area contributed by atoms with Gasteiger partial charge in [0.05, 0.1) is 12.1 Å². The van der Waals surface area contributed by atoms with Crippen LogP contribution in [0.1, 0.15) is 44.7 Å². The summed E-state index contributed by atoms with van der Waals surface area (Å²) in [4.78, 5) is 11.8. The number of phenolic OH excluding ortho intramolecular Hbond substituents is 1. The molecule has 0 fully saturated rings. The van der Waals surface area contributed by atoms with E-state index < -0.39 is 6.04 Å². The van der Waals surface area contributed by atoms with Crippen LogP contribution in [0, 0.1) is 0 Å². The highest BCUT2D eigenvalue weighted by Crippen LogP contribution is 2.17. The Labute approximate surface area is 108 Å². The summed E-state index contributed by atoms with van der Waals surface area (Å²) in [5.74, 6) is 0.0585. The van der Waals surface area contributed by atoms with Gasteiger partial charge in [0, 0.05) is 0 Å². The van der Waals surface area contributed by atoms with Gasteiger partial charge >= 0.3 is 0 Å². The predicted octanol–water partition coefficient (Wildman–Crippen LogP) is 2.09. The minimum absolute atomic E-state index is 0.140. The minimum atomic E-state index is -0.454. The SMILES string of the molecule is CCCC[C@H](N)C(=O)NC(C)c1cccc(O)c1. The Morgan fingerprint density at radius 2 is 2.22 bits per heavy atom. The van der Waals surface area contributed by atoms with Gasteiger partial charge in [-0.25, -0.2) is 0 Å². The Morgan fingerprint density at radius 1 is 1.50 bits per heavy atom. The summed E-state index contributed by atoms with van der Waals surface area (Å²) in [7, 11) is 0. The van der Waals surface area contributed by atoms with Crippen LogP contribution in [-0.2, 0) is 4.79 Å². The van der Waals surface area contributed by atoms with Crippen LogP contribution in [0.5, 0.6) is 5.75 Å². The second-order valence-corrected chi connectivity index (χ2v) is 4.57. The zero-order valence-corrected chi connectivity index (χ0v) is 11.0. The quantitative estimate of drug-likeness (QED) is 0.723. The lowest BCUT2D eigenvalue weighted by Gasteiger charge is -2.18. The molecule has 0 saturated carbocycles. The molecule has 4 heteroatoms. The van der Waals surface area contributed by atoms with E-state index in [9.17, 15) is 9.90 Å². The van der Waals surface area contributed by atoms with Crippen LogP contribution in [0.3, 0.4) is 0 Å². The summed E-state index contributed by atoms with van der Waals surface area (Å²) < 4.78 is 0. The Balaban J connectivity index is 2.54. The van der Waals surface area contributed by atoms with Crippen molar-refractivity contribution >= 4 is 5.91 Å². The van der Waals surface area contributed by atoms with E-state index in [2.05, 4.69) is 12.2 Å². The van der Waals surface area contributed by atoms with Gasteiger partial charge in [-0.2, -0.15) is 0 Å². The number of nitrogens with one attached hydrogen (secondary N) is 1. The van der Waals surface area contributed by atoms with Crippen LogP contribution in [0.25, 0.3) is 0 Å². The summed E-state index contributed by atoms with van der Waals surface area (Å²) in [6.45, 7) is 3.94. The Hall–Kier alpha value is -1.55. The fourth-order valence-electron chi connectivity index (χ4n) is 1.75. The van der Waals surface area contributed by atoms with Crippen molar-refractivity contribution in [3.63, 3.8) is 0 Å². The van der Waals surface area contributed by atoms with Crippen LogP contribution in [0.15, 0.2) is 24.3 Å². The number of rotatable bonds is 6. The largest absolute Gasteiger partial charge is 0.508 e. The number of phenols is 1. The molecule has 4 N–H and O–H groups in total. The zero-order valence-electron chi connectivity index (χ0n) is 11.0. The number of aromatic hydroxyl groups is 1. The molecule has 1 rings (SSSR count). The van der Waals surface area contributed by atoms with E-state index >= 15 is 0 Å². The van der Waals surface area contributed by atoms with Gasteiger partial charge in [-0.1, -0.05) is 31.9 Å². The highest BCUT2D eigenvalue weighted by molar-refractivity contribution is 5.81. The molecule has 0 radical (unpaired) electrons. The first-order valence-corrected chi connectivity index (χ1v) is 6.39. The number of benzene rings is 1. The second-order valence-electron chi connectivity index (χ2n) is 4.57. The van der Waals surface area contributed by atoms with Gasteiger partial charge in [0.15, 0.2) is 0 Å². The van der Waals surface area contributed by atoms with E-state index in [0.29, 0.717) is 6.42 Å². The van der Waals surface area contributed by atoms with Gasteiger partial charge < -0.3 is 16.2 Å². The number of unbranched alkanes of at least 4 members (excludes halogenated alkanes) is 1. The van der Waals surface area contributed by atoms with E-state index in [1.165, 1.54) is 0 Å². The summed E-state index contributed by atoms with van der Waals surface area (Å²) in [6.07, 6.45) is 2.69. The first kappa shape index (κ1) is 14.5. The van der Waals surface area contributed by atoms with Gasteiger partial charge in [-0.3, -0.25) is 4.79 Å². The maximum atomic E-state index is 11.8. The van der Waals surface area contributed by atoms with Crippen molar-refractivity contribution in [3.8, 4) is 5.75 Å². The molecule has 2 atom stereocenters. The maximum absolute atomic E-state index is 11.8. The van der Waals surface area contributed by atoms with Gasteiger partial charge in [0.25, 0.3) is 0 Å². The van der Waals surface area contributed by atoms with Gasteiger partial charge in [-0.05, 0) is 31.0 Å². The van der Waals surface area contributed by atoms with Crippen molar-refractivity contribution in [3.05, 3.63) is 29.8 Å². The molecule has 1 aromatic rings. The van der Waals surface area contributed by atoms with E-state index in [-0.39, 0.29) is 17.7 Å². The summed E-state index contributed by atoms with van der Waals surface area (Å²) in [5.41, 5.74) is 6.66. The Morgan fingerprint density at radius 3 is 2.83 bits per heavy atom. The number of carbonyl (C=O) groups is 1. The predicted molar refractivity (Wildman–Crippen MR) is 72.2 cm³/mol. The van der Waals surface area contributed by atoms with Gasteiger partial charge in [0.1, 0.15) is 5.75 Å². The molecule has 1 aromatic carbocycles. The van der Waals surface area contributed by atoms with Crippen molar-refractivity contribution in [2.45, 2.75) is 45.2 Å². The van der Waals surface area contributed by atoms with Crippen molar-refractivity contribution in [1.82, 2.24) is 5.32 Å². The van der Waals surface area contributed by atoms with E-state index in [1.54, 1.807) is 18.2 Å². The van der Waals surface area contributed by atoms with Crippen molar-refractivity contribution < 1.29 is 9.90 Å². The lowest BCUT2D eigenvalue weighted by molar-refractivity contribution is -0.123. The van der Waals surface area contributed by atoms with Gasteiger partial charge in [-0.15, -0.1) is 0 Å². The molecule has 1 unspecified atom stereocenters. The zero-order chi connectivity index (χ0) is 13.5. The minimum Gasteiger partial charge on any atom is -0.508 e. The molecule has 0 bridgehead atoms. The van der Waals surface area contributed by atoms with E-state index in [1.807, 2.05) is 13.0 Å². The van der Waals surface area contributed by atoms with Crippen molar-refractivity contribution in [1.29, 1.82) is 0 Å². The fraction of sp³-hybridized carbons (Fsp3) is 0.500. The monoisotopic (exact) mass is 250 g/mol. The topological polar surface area (TPSA) is 75.4 Å². The number of carbonyl (C=O) groups excluding carboxylic acids is 1. The summed E-state index contributed by atoms with van der Waals surface area (Å²) >= 11 is 0.